The van der Waals surface area contributed by atoms with E-state index < -0.39 is 9.84 Å². The van der Waals surface area contributed by atoms with Crippen LogP contribution in [-0.4, -0.2) is 65.7 Å². The van der Waals surface area contributed by atoms with Crippen LogP contribution in [0, 0.1) is 0 Å². The molecule has 7 nitrogen and oxygen atoms in total. The van der Waals surface area contributed by atoms with E-state index in [0.29, 0.717) is 19.0 Å². The molecule has 0 saturated carbocycles. The summed E-state index contributed by atoms with van der Waals surface area (Å²) < 4.78 is 24.8. The van der Waals surface area contributed by atoms with Crippen LogP contribution in [0.15, 0.2) is 18.5 Å². The molecule has 1 aromatic rings. The molecule has 23 heavy (non-hydrogen) atoms. The number of likely N-dealkylation sites (tertiary alicyclic amines) is 1. The number of piperidine rings is 1. The van der Waals surface area contributed by atoms with Gasteiger partial charge in [-0.25, -0.2) is 8.42 Å². The minimum Gasteiger partial charge on any atom is -0.351 e. The van der Waals surface area contributed by atoms with Crippen molar-refractivity contribution in [2.45, 2.75) is 44.3 Å². The van der Waals surface area contributed by atoms with Crippen LogP contribution in [-0.2, 0) is 21.2 Å². The fourth-order valence-electron chi connectivity index (χ4n) is 3.47. The van der Waals surface area contributed by atoms with Crippen molar-refractivity contribution in [1.82, 2.24) is 20.0 Å². The smallest absolute Gasteiger partial charge is 0.234 e. The van der Waals surface area contributed by atoms with Crippen molar-refractivity contribution in [3.05, 3.63) is 18.5 Å². The predicted octanol–water partition coefficient (Wildman–Crippen LogP) is 0.0409. The molecule has 2 fully saturated rings. The summed E-state index contributed by atoms with van der Waals surface area (Å²) in [6.45, 7) is 2.03. The second kappa shape index (κ2) is 7.00. The molecule has 128 valence electrons. The molecule has 1 amide bonds. The summed E-state index contributed by atoms with van der Waals surface area (Å²) in [7, 11) is -2.96. The lowest BCUT2D eigenvalue weighted by atomic mass is 10.0. The minimum atomic E-state index is -2.96. The average molecular weight is 340 g/mol. The van der Waals surface area contributed by atoms with Crippen LogP contribution in [0.5, 0.6) is 0 Å². The van der Waals surface area contributed by atoms with Crippen LogP contribution >= 0.6 is 0 Å². The number of hydrogen-bond donors (Lipinski definition) is 1. The molecule has 3 heterocycles. The number of nitrogens with one attached hydrogen (secondary N) is 1. The Kier molecular flexibility index (Phi) is 5.01. The van der Waals surface area contributed by atoms with Crippen molar-refractivity contribution in [2.75, 3.05) is 24.6 Å². The summed E-state index contributed by atoms with van der Waals surface area (Å²) in [5, 5.41) is 7.12. The maximum Gasteiger partial charge on any atom is 0.234 e. The van der Waals surface area contributed by atoms with Crippen LogP contribution in [0.1, 0.15) is 25.7 Å². The number of carbonyl (C=O) groups is 1. The van der Waals surface area contributed by atoms with Crippen molar-refractivity contribution in [2.24, 2.45) is 0 Å². The maximum atomic E-state index is 12.3. The highest BCUT2D eigenvalue weighted by Gasteiger charge is 2.30. The van der Waals surface area contributed by atoms with Gasteiger partial charge in [0.15, 0.2) is 9.84 Å². The second-order valence-corrected chi connectivity index (χ2v) is 8.74. The highest BCUT2D eigenvalue weighted by molar-refractivity contribution is 7.91. The summed E-state index contributed by atoms with van der Waals surface area (Å²) >= 11 is 0. The topological polar surface area (TPSA) is 84.3 Å². The zero-order valence-corrected chi connectivity index (χ0v) is 14.0. The van der Waals surface area contributed by atoms with Gasteiger partial charge in [-0.15, -0.1) is 0 Å². The quantitative estimate of drug-likeness (QED) is 0.818. The third kappa shape index (κ3) is 4.54. The second-order valence-electron chi connectivity index (χ2n) is 6.52. The van der Waals surface area contributed by atoms with E-state index >= 15 is 0 Å². The van der Waals surface area contributed by atoms with Crippen LogP contribution in [0.25, 0.3) is 0 Å². The first-order valence-corrected chi connectivity index (χ1v) is 10.1. The summed E-state index contributed by atoms with van der Waals surface area (Å²) in [6, 6.07) is 1.99. The number of rotatable bonds is 5. The Hall–Kier alpha value is -1.41. The van der Waals surface area contributed by atoms with Crippen molar-refractivity contribution in [3.63, 3.8) is 0 Å². The van der Waals surface area contributed by atoms with Gasteiger partial charge in [0, 0.05) is 24.5 Å². The first-order valence-electron chi connectivity index (χ1n) is 8.23. The van der Waals surface area contributed by atoms with E-state index in [1.165, 1.54) is 6.42 Å². The van der Waals surface area contributed by atoms with Crippen LogP contribution in [0.4, 0.5) is 0 Å². The average Bonchev–Trinajstić information content (AvgIpc) is 3.10. The number of sulfone groups is 1. The predicted molar refractivity (Wildman–Crippen MR) is 86.6 cm³/mol. The van der Waals surface area contributed by atoms with E-state index in [4.69, 9.17) is 0 Å². The Morgan fingerprint density at radius 1 is 1.30 bits per heavy atom. The van der Waals surface area contributed by atoms with E-state index in [2.05, 4.69) is 15.3 Å². The van der Waals surface area contributed by atoms with Crippen LogP contribution < -0.4 is 5.32 Å². The molecule has 2 aliphatic heterocycles. The van der Waals surface area contributed by atoms with E-state index in [-0.39, 0.29) is 23.5 Å². The zero-order valence-electron chi connectivity index (χ0n) is 13.2. The van der Waals surface area contributed by atoms with Crippen molar-refractivity contribution in [3.8, 4) is 0 Å². The van der Waals surface area contributed by atoms with Crippen LogP contribution in [0.3, 0.4) is 0 Å². The number of carbonyl (C=O) groups excluding carboxylic acids is 1. The molecule has 3 rings (SSSR count). The van der Waals surface area contributed by atoms with Crippen molar-refractivity contribution < 1.29 is 13.2 Å². The summed E-state index contributed by atoms with van der Waals surface area (Å²) in [5.41, 5.74) is 0. The number of amides is 1. The maximum absolute atomic E-state index is 12.3. The van der Waals surface area contributed by atoms with E-state index in [1.54, 1.807) is 6.20 Å². The van der Waals surface area contributed by atoms with E-state index in [0.717, 1.165) is 25.9 Å². The largest absolute Gasteiger partial charge is 0.351 e. The zero-order chi connectivity index (χ0) is 16.3. The first kappa shape index (κ1) is 16.4. The van der Waals surface area contributed by atoms with Gasteiger partial charge in [0.25, 0.3) is 0 Å². The number of nitrogens with zero attached hydrogens (tertiary/aromatic N) is 3. The lowest BCUT2D eigenvalue weighted by Gasteiger charge is -2.35. The van der Waals surface area contributed by atoms with Gasteiger partial charge in [-0.1, -0.05) is 6.42 Å². The molecule has 0 bridgehead atoms. The minimum absolute atomic E-state index is 0.0699. The molecular formula is C15H24N4O3S. The first-order chi connectivity index (χ1) is 11.0. The summed E-state index contributed by atoms with van der Waals surface area (Å²) in [6.07, 6.45) is 7.57. The molecule has 1 aromatic heterocycles. The molecule has 0 spiro atoms. The number of aromatic nitrogens is 2. The Bertz CT molecular complexity index is 629. The van der Waals surface area contributed by atoms with Gasteiger partial charge in [-0.3, -0.25) is 14.4 Å². The molecule has 1 N–H and O–H groups in total. The van der Waals surface area contributed by atoms with Crippen molar-refractivity contribution >= 4 is 15.7 Å². The van der Waals surface area contributed by atoms with Gasteiger partial charge in [0.2, 0.25) is 5.91 Å². The van der Waals surface area contributed by atoms with Gasteiger partial charge in [0.1, 0.15) is 0 Å². The monoisotopic (exact) mass is 340 g/mol. The Labute approximate surface area is 137 Å². The number of hydrogen-bond acceptors (Lipinski definition) is 5. The molecule has 2 atom stereocenters. The molecule has 0 radical (unpaired) electrons. The molecule has 0 aliphatic carbocycles. The fraction of sp³-hybridized carbons (Fsp3) is 0.733. The van der Waals surface area contributed by atoms with E-state index in [1.807, 2.05) is 16.9 Å². The SMILES string of the molecule is O=C(CN1CCCC[C@@H]1Cn1cccn1)N[C@H]1CCS(=O)(=O)C1. The summed E-state index contributed by atoms with van der Waals surface area (Å²) in [5.74, 6) is 0.193. The highest BCUT2D eigenvalue weighted by Crippen LogP contribution is 2.18. The Morgan fingerprint density at radius 3 is 2.87 bits per heavy atom. The van der Waals surface area contributed by atoms with Crippen molar-refractivity contribution in [1.29, 1.82) is 0 Å². The van der Waals surface area contributed by atoms with Gasteiger partial charge in [0.05, 0.1) is 24.6 Å². The molecule has 8 heteroatoms. The van der Waals surface area contributed by atoms with Crippen LogP contribution in [0.2, 0.25) is 0 Å². The molecule has 2 saturated heterocycles. The Morgan fingerprint density at radius 2 is 2.17 bits per heavy atom. The molecule has 0 aromatic carbocycles. The third-order valence-electron chi connectivity index (χ3n) is 4.65. The molecular weight excluding hydrogens is 316 g/mol. The molecule has 2 aliphatic rings. The van der Waals surface area contributed by atoms with E-state index in [9.17, 15) is 13.2 Å². The third-order valence-corrected chi connectivity index (χ3v) is 6.42. The summed E-state index contributed by atoms with van der Waals surface area (Å²) in [4.78, 5) is 14.5. The molecule has 0 unspecified atom stereocenters. The lowest BCUT2D eigenvalue weighted by molar-refractivity contribution is -0.123. The van der Waals surface area contributed by atoms with Gasteiger partial charge < -0.3 is 5.32 Å². The Balaban J connectivity index is 1.53. The normalized spacial score (nSPS) is 27.8. The van der Waals surface area contributed by atoms with Gasteiger partial charge >= 0.3 is 0 Å². The standard InChI is InChI=1S/C15H24N4O3S/c20-15(17-13-5-9-23(21,22)12-13)11-18-7-2-1-4-14(18)10-19-8-3-6-16-19/h3,6,8,13-14H,1-2,4-5,7,9-12H2,(H,17,20)/t13-,14+/m0/s1. The van der Waals surface area contributed by atoms with Gasteiger partial charge in [-0.2, -0.15) is 5.10 Å². The lowest BCUT2D eigenvalue weighted by Crippen LogP contribution is -2.49. The fourth-order valence-corrected chi connectivity index (χ4v) is 5.14. The highest BCUT2D eigenvalue weighted by atomic mass is 32.2. The van der Waals surface area contributed by atoms with Gasteiger partial charge in [-0.05, 0) is 31.9 Å².